The number of carbonyl (C=O) groups excluding carboxylic acids is 3. The van der Waals surface area contributed by atoms with Gasteiger partial charge in [0.2, 0.25) is 6.79 Å². The number of phenolic OH excluding ortho intramolecular Hbond substituents is 1. The number of nitrogens with zero attached hydrogens (tertiary/aromatic N) is 3. The number of esters is 2. The summed E-state index contributed by atoms with van der Waals surface area (Å²) in [5, 5.41) is 24.8. The minimum atomic E-state index is -1.10. The molecule has 2 saturated heterocycles. The molecule has 0 spiro atoms. The zero-order chi connectivity index (χ0) is 35.6. The van der Waals surface area contributed by atoms with Crippen LogP contribution >= 0.6 is 11.8 Å². The molecule has 6 aliphatic rings. The number of nitrogens with one attached hydrogen (secondary N) is 1. The maximum Gasteiger partial charge on any atom is 0.408 e. The number of hydrogen-bond acceptors (Lipinski definition) is 14. The van der Waals surface area contributed by atoms with Crippen molar-refractivity contribution in [3.05, 3.63) is 52.1 Å². The smallest absolute Gasteiger partial charge is 0.408 e. The zero-order valence-corrected chi connectivity index (χ0v) is 29.1. The van der Waals surface area contributed by atoms with Crippen LogP contribution in [0.4, 0.5) is 4.79 Å². The Morgan fingerprint density at radius 2 is 1.96 bits per heavy atom. The van der Waals surface area contributed by atoms with Crippen molar-refractivity contribution in [1.29, 1.82) is 5.26 Å². The third kappa shape index (κ3) is 5.11. The average molecular weight is 707 g/mol. The van der Waals surface area contributed by atoms with Crippen LogP contribution in [0.3, 0.4) is 0 Å². The largest absolute Gasteiger partial charge is 0.504 e. The lowest BCUT2D eigenvalue weighted by Gasteiger charge is -2.61. The van der Waals surface area contributed by atoms with E-state index in [1.165, 1.54) is 31.9 Å². The highest BCUT2D eigenvalue weighted by atomic mass is 32.2. The van der Waals surface area contributed by atoms with Crippen molar-refractivity contribution in [3.63, 3.8) is 0 Å². The molecule has 4 bridgehead atoms. The second kappa shape index (κ2) is 12.9. The Labute approximate surface area is 293 Å². The number of ether oxygens (including phenoxy) is 6. The molecule has 264 valence electrons. The van der Waals surface area contributed by atoms with E-state index in [1.54, 1.807) is 6.92 Å². The van der Waals surface area contributed by atoms with Crippen molar-refractivity contribution in [3.8, 4) is 34.8 Å². The van der Waals surface area contributed by atoms with Gasteiger partial charge in [0.25, 0.3) is 0 Å². The maximum atomic E-state index is 13.6. The molecule has 8 rings (SSSR count). The van der Waals surface area contributed by atoms with Crippen LogP contribution in [0.2, 0.25) is 0 Å². The maximum absolute atomic E-state index is 13.6. The summed E-state index contributed by atoms with van der Waals surface area (Å²) in [5.41, 5.74) is 4.15. The van der Waals surface area contributed by atoms with Gasteiger partial charge in [0.05, 0.1) is 30.5 Å². The number of benzene rings is 2. The van der Waals surface area contributed by atoms with Crippen LogP contribution in [-0.2, 0) is 25.5 Å². The first kappa shape index (κ1) is 33.8. The standard InChI is InChI=1S/C35H38N4O10S/c1-7-8-45-35(43)37-19-13-50-33-25-24(32-31(47-14-48-32)16(3)30(25)49-17(4)40)22(12-46-34(19)42)39-21(11-36)20-10-18-9-15(2)29(44-6)28(41)23(18)26(27(33)39)38(20)5/h7,9,19-22,26-27,33,41H,1,8,10,12-14H2,2-6H3,(H,37,43)/t19-,20?,21-,22-,26+,27+,33-/m0/s1. The predicted octanol–water partition coefficient (Wildman–Crippen LogP) is 3.51. The van der Waals surface area contributed by atoms with Crippen molar-refractivity contribution in [2.75, 3.05) is 39.9 Å². The molecule has 14 nitrogen and oxygen atoms in total. The molecule has 1 unspecified atom stereocenters. The summed E-state index contributed by atoms with van der Waals surface area (Å²) in [6.07, 6.45) is 1.08. The fraction of sp³-hybridized carbons (Fsp3) is 0.486. The lowest BCUT2D eigenvalue weighted by Crippen LogP contribution is -2.69. The molecule has 15 heteroatoms. The minimum absolute atomic E-state index is 0.0179. The molecule has 0 radical (unpaired) electrons. The number of carbonyl (C=O) groups is 3. The van der Waals surface area contributed by atoms with Crippen molar-refractivity contribution in [1.82, 2.24) is 15.1 Å². The Morgan fingerprint density at radius 3 is 2.66 bits per heavy atom. The van der Waals surface area contributed by atoms with Crippen LogP contribution in [0.25, 0.3) is 0 Å². The SMILES string of the molecule is C=CCOC(=O)N[C@H]1CS[C@H]2c3c(OC(C)=O)c(C)c4c(c3[C@H](COC1=O)N1[C@@H]2[C@H]2c3c(cc(C)c(OC)c3O)CC([C@@H]1C#N)N2C)OCO4. The molecule has 6 heterocycles. The molecule has 6 aliphatic heterocycles. The summed E-state index contributed by atoms with van der Waals surface area (Å²) in [6.45, 7) is 8.19. The summed E-state index contributed by atoms with van der Waals surface area (Å²) in [6, 6.07) is 0.661. The van der Waals surface area contributed by atoms with Crippen LogP contribution in [0.15, 0.2) is 18.7 Å². The number of thioether (sulfide) groups is 1. The lowest BCUT2D eigenvalue weighted by molar-refractivity contribution is -0.151. The number of hydrogen-bond donors (Lipinski definition) is 2. The number of aromatic hydroxyl groups is 1. The highest BCUT2D eigenvalue weighted by Crippen LogP contribution is 2.64. The number of methoxy groups -OCH3 is 1. The van der Waals surface area contributed by atoms with E-state index in [0.717, 1.165) is 11.1 Å². The quantitative estimate of drug-likeness (QED) is 0.263. The van der Waals surface area contributed by atoms with Gasteiger partial charge in [-0.2, -0.15) is 5.26 Å². The first-order valence-electron chi connectivity index (χ1n) is 16.3. The third-order valence-electron chi connectivity index (χ3n) is 10.3. The number of amides is 1. The molecular weight excluding hydrogens is 668 g/mol. The van der Waals surface area contributed by atoms with Gasteiger partial charge in [0.1, 0.15) is 31.0 Å². The Kier molecular flexibility index (Phi) is 8.73. The monoisotopic (exact) mass is 706 g/mol. The van der Waals surface area contributed by atoms with Gasteiger partial charge in [0.15, 0.2) is 23.0 Å². The second-order valence-electron chi connectivity index (χ2n) is 13.0. The van der Waals surface area contributed by atoms with E-state index in [-0.39, 0.29) is 37.6 Å². The Balaban J connectivity index is 1.49. The molecular formula is C35H38N4O10S. The van der Waals surface area contributed by atoms with Crippen LogP contribution < -0.4 is 24.3 Å². The van der Waals surface area contributed by atoms with Crippen LogP contribution in [0.1, 0.15) is 57.6 Å². The van der Waals surface area contributed by atoms with Crippen molar-refractivity contribution < 1.29 is 47.9 Å². The van der Waals surface area contributed by atoms with Crippen LogP contribution in [-0.4, -0.2) is 97.0 Å². The Morgan fingerprint density at radius 1 is 1.20 bits per heavy atom. The second-order valence-corrected chi connectivity index (χ2v) is 14.1. The van der Waals surface area contributed by atoms with E-state index < -0.39 is 53.5 Å². The van der Waals surface area contributed by atoms with Crippen molar-refractivity contribution >= 4 is 29.8 Å². The van der Waals surface area contributed by atoms with Crippen LogP contribution in [0.5, 0.6) is 28.7 Å². The first-order chi connectivity index (χ1) is 24.0. The topological polar surface area (TPSA) is 169 Å². The predicted molar refractivity (Wildman–Crippen MR) is 178 cm³/mol. The fourth-order valence-corrected chi connectivity index (χ4v) is 9.89. The van der Waals surface area contributed by atoms with Gasteiger partial charge in [-0.1, -0.05) is 18.7 Å². The summed E-state index contributed by atoms with van der Waals surface area (Å²) in [4.78, 5) is 43.2. The number of nitriles is 1. The zero-order valence-electron chi connectivity index (χ0n) is 28.3. The molecule has 1 amide bonds. The van der Waals surface area contributed by atoms with E-state index in [0.29, 0.717) is 51.7 Å². The molecule has 2 N–H and O–H groups in total. The highest BCUT2D eigenvalue weighted by Gasteiger charge is 2.60. The molecule has 2 fully saturated rings. The summed E-state index contributed by atoms with van der Waals surface area (Å²) >= 11 is 1.34. The first-order valence-corrected chi connectivity index (χ1v) is 17.3. The van der Waals surface area contributed by atoms with Gasteiger partial charge < -0.3 is 38.8 Å². The number of rotatable bonds is 5. The molecule has 0 saturated carbocycles. The lowest BCUT2D eigenvalue weighted by atomic mass is 9.71. The molecule has 0 aromatic heterocycles. The van der Waals surface area contributed by atoms with Gasteiger partial charge in [-0.15, -0.1) is 11.8 Å². The van der Waals surface area contributed by atoms with Gasteiger partial charge in [-0.25, -0.2) is 9.59 Å². The number of fused-ring (bicyclic) bond motifs is 10. The van der Waals surface area contributed by atoms with E-state index in [2.05, 4.69) is 27.8 Å². The van der Waals surface area contributed by atoms with E-state index in [9.17, 15) is 24.8 Å². The molecule has 7 atom stereocenters. The highest BCUT2D eigenvalue weighted by molar-refractivity contribution is 7.99. The van der Waals surface area contributed by atoms with Gasteiger partial charge in [-0.3, -0.25) is 14.6 Å². The van der Waals surface area contributed by atoms with Crippen molar-refractivity contribution in [2.24, 2.45) is 0 Å². The van der Waals surface area contributed by atoms with E-state index in [4.69, 9.17) is 28.4 Å². The van der Waals surface area contributed by atoms with Gasteiger partial charge >= 0.3 is 18.0 Å². The van der Waals surface area contributed by atoms with Gasteiger partial charge in [-0.05, 0) is 38.4 Å². The number of likely N-dealkylation sites (N-methyl/N-ethyl adjacent to an activating group) is 1. The number of phenols is 1. The summed E-state index contributed by atoms with van der Waals surface area (Å²) < 4.78 is 34.8. The Hall–Kier alpha value is -4.65. The molecule has 2 aromatic carbocycles. The molecule has 50 heavy (non-hydrogen) atoms. The van der Waals surface area contributed by atoms with E-state index >= 15 is 0 Å². The Bertz CT molecular complexity index is 1840. The normalized spacial score (nSPS) is 27.8. The summed E-state index contributed by atoms with van der Waals surface area (Å²) in [5.74, 6) is 0.321. The van der Waals surface area contributed by atoms with Gasteiger partial charge in [0, 0.05) is 47.0 Å². The van der Waals surface area contributed by atoms with Crippen molar-refractivity contribution in [2.45, 2.75) is 68.7 Å². The number of alkyl carbamates (subject to hydrolysis) is 1. The number of aryl methyl sites for hydroxylation is 1. The van der Waals surface area contributed by atoms with E-state index in [1.807, 2.05) is 20.0 Å². The fourth-order valence-electron chi connectivity index (χ4n) is 8.39. The molecule has 0 aliphatic carbocycles. The molecule has 2 aromatic rings. The summed E-state index contributed by atoms with van der Waals surface area (Å²) in [7, 11) is 3.46. The number of piperazine rings is 1. The average Bonchev–Trinajstić information content (AvgIpc) is 3.57. The van der Waals surface area contributed by atoms with Crippen LogP contribution in [0, 0.1) is 25.2 Å². The third-order valence-corrected chi connectivity index (χ3v) is 11.7. The minimum Gasteiger partial charge on any atom is -0.504 e.